The van der Waals surface area contributed by atoms with E-state index in [2.05, 4.69) is 51.6 Å². The maximum Gasteiger partial charge on any atom is 0.222 e. The summed E-state index contributed by atoms with van der Waals surface area (Å²) in [4.78, 5) is 8.42. The third-order valence-electron chi connectivity index (χ3n) is 4.44. The predicted molar refractivity (Wildman–Crippen MR) is 119 cm³/mol. The Hall–Kier alpha value is -3.72. The second-order valence-electron chi connectivity index (χ2n) is 8.20. The molecule has 0 spiro atoms. The van der Waals surface area contributed by atoms with Gasteiger partial charge in [-0.2, -0.15) is 10.1 Å². The monoisotopic (exact) mass is 421 g/mol. The molecule has 4 aromatic rings. The zero-order valence-electron chi connectivity index (χ0n) is 17.5. The molecular formula is C22H24FN7O. The molecule has 5 N–H and O–H groups in total. The Kier molecular flexibility index (Phi) is 5.43. The van der Waals surface area contributed by atoms with Gasteiger partial charge in [-0.3, -0.25) is 5.10 Å². The SMILES string of the molecule is CC(C)(C)NCc1cc(Nc2ccc(Oc3ccc4[nH]ncc4c3)c(F)c2)nc(N)n1. The number of benzene rings is 2. The smallest absolute Gasteiger partial charge is 0.222 e. The summed E-state index contributed by atoms with van der Waals surface area (Å²) in [5.74, 6) is 0.759. The molecule has 0 saturated carbocycles. The van der Waals surface area contributed by atoms with E-state index in [4.69, 9.17) is 10.5 Å². The van der Waals surface area contributed by atoms with Crippen LogP contribution in [0, 0.1) is 5.82 Å². The summed E-state index contributed by atoms with van der Waals surface area (Å²) in [5, 5.41) is 14.1. The summed E-state index contributed by atoms with van der Waals surface area (Å²) in [6.45, 7) is 6.73. The summed E-state index contributed by atoms with van der Waals surface area (Å²) >= 11 is 0. The molecule has 4 rings (SSSR count). The molecule has 0 amide bonds. The lowest BCUT2D eigenvalue weighted by atomic mass is 10.1. The summed E-state index contributed by atoms with van der Waals surface area (Å²) in [6.07, 6.45) is 1.68. The lowest BCUT2D eigenvalue weighted by Gasteiger charge is -2.20. The number of aromatic nitrogens is 4. The zero-order chi connectivity index (χ0) is 22.0. The van der Waals surface area contributed by atoms with E-state index in [-0.39, 0.29) is 17.2 Å². The first-order valence-corrected chi connectivity index (χ1v) is 9.81. The van der Waals surface area contributed by atoms with Crippen molar-refractivity contribution in [1.29, 1.82) is 0 Å². The molecule has 2 aromatic heterocycles. The molecule has 0 aliphatic carbocycles. The Bertz CT molecular complexity index is 1220. The molecule has 9 heteroatoms. The molecule has 0 aliphatic rings. The quantitative estimate of drug-likeness (QED) is 0.362. The highest BCUT2D eigenvalue weighted by atomic mass is 19.1. The number of H-pyrrole nitrogens is 1. The van der Waals surface area contributed by atoms with E-state index in [0.29, 0.717) is 23.8 Å². The predicted octanol–water partition coefficient (Wildman–Crippen LogP) is 4.50. The second kappa shape index (κ2) is 8.19. The summed E-state index contributed by atoms with van der Waals surface area (Å²) < 4.78 is 20.3. The molecule has 0 aliphatic heterocycles. The van der Waals surface area contributed by atoms with Gasteiger partial charge in [-0.15, -0.1) is 0 Å². The average molecular weight is 421 g/mol. The number of nitrogens with zero attached hydrogens (tertiary/aromatic N) is 3. The number of nitrogens with two attached hydrogens (primary N) is 1. The van der Waals surface area contributed by atoms with Crippen LogP contribution in [0.4, 0.5) is 21.8 Å². The normalized spacial score (nSPS) is 11.6. The zero-order valence-corrected chi connectivity index (χ0v) is 17.5. The number of aromatic amines is 1. The van der Waals surface area contributed by atoms with Gasteiger partial charge < -0.3 is 21.1 Å². The van der Waals surface area contributed by atoms with E-state index in [1.165, 1.54) is 6.07 Å². The van der Waals surface area contributed by atoms with Crippen LogP contribution in [0.15, 0.2) is 48.7 Å². The highest BCUT2D eigenvalue weighted by Gasteiger charge is 2.12. The van der Waals surface area contributed by atoms with E-state index >= 15 is 0 Å². The molecule has 160 valence electrons. The number of rotatable bonds is 6. The molecule has 0 fully saturated rings. The van der Waals surface area contributed by atoms with Crippen LogP contribution in [-0.2, 0) is 6.54 Å². The van der Waals surface area contributed by atoms with Crippen LogP contribution in [0.5, 0.6) is 11.5 Å². The minimum Gasteiger partial charge on any atom is -0.454 e. The van der Waals surface area contributed by atoms with Crippen molar-refractivity contribution in [2.75, 3.05) is 11.1 Å². The van der Waals surface area contributed by atoms with Crippen molar-refractivity contribution in [2.45, 2.75) is 32.9 Å². The third kappa shape index (κ3) is 5.26. The van der Waals surface area contributed by atoms with Crippen LogP contribution in [0.3, 0.4) is 0 Å². The standard InChI is InChI=1S/C22H24FN7O/c1-22(2,3)25-12-15-10-20(29-21(24)28-15)27-14-4-7-19(17(23)9-14)31-16-5-6-18-13(8-16)11-26-30-18/h4-11,25H,12H2,1-3H3,(H,26,30)(H3,24,27,28,29). The first kappa shape index (κ1) is 20.5. The van der Waals surface area contributed by atoms with Crippen LogP contribution in [0.1, 0.15) is 26.5 Å². The fraction of sp³-hybridized carbons (Fsp3) is 0.227. The molecule has 31 heavy (non-hydrogen) atoms. The van der Waals surface area contributed by atoms with Gasteiger partial charge in [0.15, 0.2) is 11.6 Å². The molecule has 2 heterocycles. The van der Waals surface area contributed by atoms with Gasteiger partial charge in [0.25, 0.3) is 0 Å². The summed E-state index contributed by atoms with van der Waals surface area (Å²) in [5.41, 5.74) is 7.91. The fourth-order valence-corrected chi connectivity index (χ4v) is 2.95. The van der Waals surface area contributed by atoms with Crippen LogP contribution in [0.25, 0.3) is 10.9 Å². The van der Waals surface area contributed by atoms with Crippen molar-refractivity contribution >= 4 is 28.4 Å². The number of halogens is 1. The number of nitrogens with one attached hydrogen (secondary N) is 3. The largest absolute Gasteiger partial charge is 0.454 e. The Balaban J connectivity index is 1.48. The fourth-order valence-electron chi connectivity index (χ4n) is 2.95. The van der Waals surface area contributed by atoms with Crippen LogP contribution < -0.4 is 21.1 Å². The van der Waals surface area contributed by atoms with Crippen LogP contribution >= 0.6 is 0 Å². The Morgan fingerprint density at radius 3 is 2.71 bits per heavy atom. The van der Waals surface area contributed by atoms with Crippen molar-refractivity contribution in [3.05, 3.63) is 60.2 Å². The molecule has 0 atom stereocenters. The number of fused-ring (bicyclic) bond motifs is 1. The summed E-state index contributed by atoms with van der Waals surface area (Å²) in [6, 6.07) is 11.8. The van der Waals surface area contributed by atoms with Gasteiger partial charge in [-0.1, -0.05) is 0 Å². The van der Waals surface area contributed by atoms with Crippen LogP contribution in [-0.4, -0.2) is 25.7 Å². The third-order valence-corrected chi connectivity index (χ3v) is 4.44. The van der Waals surface area contributed by atoms with E-state index < -0.39 is 5.82 Å². The van der Waals surface area contributed by atoms with Crippen molar-refractivity contribution < 1.29 is 9.13 Å². The highest BCUT2D eigenvalue weighted by Crippen LogP contribution is 2.29. The van der Waals surface area contributed by atoms with E-state index in [9.17, 15) is 4.39 Å². The maximum absolute atomic E-state index is 14.7. The Morgan fingerprint density at radius 1 is 1.10 bits per heavy atom. The van der Waals surface area contributed by atoms with Gasteiger partial charge in [0.05, 0.1) is 17.4 Å². The lowest BCUT2D eigenvalue weighted by Crippen LogP contribution is -2.35. The van der Waals surface area contributed by atoms with Gasteiger partial charge >= 0.3 is 0 Å². The molecule has 8 nitrogen and oxygen atoms in total. The van der Waals surface area contributed by atoms with Gasteiger partial charge in [0, 0.05) is 35.3 Å². The van der Waals surface area contributed by atoms with Crippen molar-refractivity contribution in [2.24, 2.45) is 0 Å². The topological polar surface area (TPSA) is 114 Å². The maximum atomic E-state index is 14.7. The molecular weight excluding hydrogens is 397 g/mol. The lowest BCUT2D eigenvalue weighted by molar-refractivity contribution is 0.421. The second-order valence-corrected chi connectivity index (χ2v) is 8.20. The van der Waals surface area contributed by atoms with E-state index in [0.717, 1.165) is 16.6 Å². The van der Waals surface area contributed by atoms with Gasteiger partial charge in [0.2, 0.25) is 5.95 Å². The van der Waals surface area contributed by atoms with Gasteiger partial charge in [0.1, 0.15) is 11.6 Å². The Labute approximate surface area is 179 Å². The van der Waals surface area contributed by atoms with Crippen molar-refractivity contribution in [3.63, 3.8) is 0 Å². The number of hydrogen-bond acceptors (Lipinski definition) is 7. The van der Waals surface area contributed by atoms with Gasteiger partial charge in [-0.25, -0.2) is 9.37 Å². The van der Waals surface area contributed by atoms with E-state index in [1.54, 1.807) is 36.5 Å². The first-order chi connectivity index (χ1) is 14.7. The van der Waals surface area contributed by atoms with Crippen molar-refractivity contribution in [1.82, 2.24) is 25.5 Å². The minimum absolute atomic E-state index is 0.0611. The molecule has 0 radical (unpaired) electrons. The highest BCUT2D eigenvalue weighted by molar-refractivity contribution is 5.79. The molecule has 0 bridgehead atoms. The molecule has 0 saturated heterocycles. The summed E-state index contributed by atoms with van der Waals surface area (Å²) in [7, 11) is 0. The first-order valence-electron chi connectivity index (χ1n) is 9.81. The molecule has 2 aromatic carbocycles. The van der Waals surface area contributed by atoms with E-state index in [1.807, 2.05) is 6.07 Å². The number of hydrogen-bond donors (Lipinski definition) is 4. The van der Waals surface area contributed by atoms with Gasteiger partial charge in [-0.05, 0) is 51.1 Å². The Morgan fingerprint density at radius 2 is 1.94 bits per heavy atom. The minimum atomic E-state index is -0.506. The van der Waals surface area contributed by atoms with Crippen LogP contribution in [0.2, 0.25) is 0 Å². The number of anilines is 3. The average Bonchev–Trinajstić information content (AvgIpc) is 3.15. The number of nitrogen functional groups attached to an aromatic ring is 1. The number of ether oxygens (including phenoxy) is 1. The molecule has 0 unspecified atom stereocenters. The van der Waals surface area contributed by atoms with Crippen molar-refractivity contribution in [3.8, 4) is 11.5 Å².